The lowest BCUT2D eigenvalue weighted by Crippen LogP contribution is -2.49. The third-order valence-corrected chi connectivity index (χ3v) is 6.06. The largest absolute Gasteiger partial charge is 0.359 e. The Morgan fingerprint density at radius 1 is 1.23 bits per heavy atom. The second-order valence-electron chi connectivity index (χ2n) is 8.22. The first-order valence-corrected chi connectivity index (χ1v) is 10.9. The summed E-state index contributed by atoms with van der Waals surface area (Å²) < 4.78 is 6.03. The lowest BCUT2D eigenvalue weighted by Gasteiger charge is -2.40. The van der Waals surface area contributed by atoms with Gasteiger partial charge in [-0.05, 0) is 57.6 Å². The molecule has 2 fully saturated rings. The number of aromatic nitrogens is 2. The van der Waals surface area contributed by atoms with Crippen LogP contribution in [0.1, 0.15) is 26.2 Å². The molecule has 2 aliphatic heterocycles. The van der Waals surface area contributed by atoms with E-state index in [-0.39, 0.29) is 24.1 Å². The summed E-state index contributed by atoms with van der Waals surface area (Å²) >= 11 is 0. The maximum Gasteiger partial charge on any atom is 0.223 e. The van der Waals surface area contributed by atoms with Gasteiger partial charge in [0.2, 0.25) is 5.91 Å². The smallest absolute Gasteiger partial charge is 0.223 e. The Morgan fingerprint density at radius 3 is 2.80 bits per heavy atom. The second kappa shape index (κ2) is 9.53. The SMILES string of the molecule is CCOC1CC(C(=O)N[C@@H]2CCN(C)C2)CCN1c1ccc(-c2cccnc2)nc1. The average Bonchev–Trinajstić information content (AvgIpc) is 3.19. The van der Waals surface area contributed by atoms with Crippen LogP contribution in [0.5, 0.6) is 0 Å². The first kappa shape index (κ1) is 20.8. The number of anilines is 1. The number of rotatable bonds is 6. The van der Waals surface area contributed by atoms with E-state index in [9.17, 15) is 4.79 Å². The van der Waals surface area contributed by atoms with E-state index in [0.717, 1.165) is 49.4 Å². The van der Waals surface area contributed by atoms with Gasteiger partial charge in [0.1, 0.15) is 6.23 Å². The third kappa shape index (κ3) is 4.79. The van der Waals surface area contributed by atoms with Crippen molar-refractivity contribution in [2.24, 2.45) is 5.92 Å². The highest BCUT2D eigenvalue weighted by atomic mass is 16.5. The summed E-state index contributed by atoms with van der Waals surface area (Å²) in [7, 11) is 2.10. The fraction of sp³-hybridized carbons (Fsp3) is 0.522. The Kier molecular flexibility index (Phi) is 6.59. The number of ether oxygens (including phenoxy) is 1. The molecule has 30 heavy (non-hydrogen) atoms. The van der Waals surface area contributed by atoms with Crippen LogP contribution < -0.4 is 10.2 Å². The molecule has 1 N–H and O–H groups in total. The summed E-state index contributed by atoms with van der Waals surface area (Å²) in [5, 5.41) is 3.25. The highest BCUT2D eigenvalue weighted by molar-refractivity contribution is 5.79. The summed E-state index contributed by atoms with van der Waals surface area (Å²) in [4.78, 5) is 26.1. The van der Waals surface area contributed by atoms with E-state index in [0.29, 0.717) is 13.0 Å². The number of piperidine rings is 1. The van der Waals surface area contributed by atoms with Crippen LogP contribution in [0.2, 0.25) is 0 Å². The van der Waals surface area contributed by atoms with Crippen molar-refractivity contribution in [2.45, 2.75) is 38.5 Å². The number of amides is 1. The minimum atomic E-state index is -0.114. The molecule has 3 atom stereocenters. The minimum absolute atomic E-state index is 0.00803. The van der Waals surface area contributed by atoms with E-state index < -0.39 is 0 Å². The summed E-state index contributed by atoms with van der Waals surface area (Å²) in [5.74, 6) is 0.163. The number of carbonyl (C=O) groups excluding carboxylic acids is 1. The number of carbonyl (C=O) groups is 1. The summed E-state index contributed by atoms with van der Waals surface area (Å²) in [6.07, 6.45) is 7.91. The van der Waals surface area contributed by atoms with E-state index in [2.05, 4.69) is 38.2 Å². The standard InChI is InChI=1S/C23H31N5O2/c1-3-30-22-13-17(23(29)26-19-9-11-27(2)16-19)8-12-28(22)20-6-7-21(25-15-20)18-5-4-10-24-14-18/h4-7,10,14-15,17,19,22H,3,8-9,11-13,16H2,1-2H3,(H,26,29)/t17?,19-,22?/m1/s1. The zero-order valence-electron chi connectivity index (χ0n) is 17.8. The molecule has 2 unspecified atom stereocenters. The van der Waals surface area contributed by atoms with Gasteiger partial charge in [-0.2, -0.15) is 0 Å². The van der Waals surface area contributed by atoms with Gasteiger partial charge in [0.15, 0.2) is 0 Å². The molecular weight excluding hydrogens is 378 g/mol. The molecule has 0 bridgehead atoms. The molecule has 2 saturated heterocycles. The van der Waals surface area contributed by atoms with Crippen molar-refractivity contribution < 1.29 is 9.53 Å². The fourth-order valence-corrected chi connectivity index (χ4v) is 4.42. The first-order chi connectivity index (χ1) is 14.6. The fourth-order valence-electron chi connectivity index (χ4n) is 4.42. The quantitative estimate of drug-likeness (QED) is 0.791. The van der Waals surface area contributed by atoms with Crippen LogP contribution in [0.15, 0.2) is 42.9 Å². The lowest BCUT2D eigenvalue weighted by molar-refractivity contribution is -0.128. The number of nitrogens with zero attached hydrogens (tertiary/aromatic N) is 4. The van der Waals surface area contributed by atoms with Gasteiger partial charge in [-0.3, -0.25) is 14.8 Å². The van der Waals surface area contributed by atoms with Gasteiger partial charge in [-0.25, -0.2) is 0 Å². The molecular formula is C23H31N5O2. The molecule has 4 rings (SSSR count). The molecule has 4 heterocycles. The normalized spacial score (nSPS) is 24.7. The molecule has 7 heteroatoms. The highest BCUT2D eigenvalue weighted by Crippen LogP contribution is 2.30. The average molecular weight is 410 g/mol. The van der Waals surface area contributed by atoms with E-state index in [1.807, 2.05) is 37.5 Å². The number of hydrogen-bond donors (Lipinski definition) is 1. The Morgan fingerprint density at radius 2 is 2.13 bits per heavy atom. The van der Waals surface area contributed by atoms with Crippen LogP contribution in [0.4, 0.5) is 5.69 Å². The van der Waals surface area contributed by atoms with Gasteiger partial charge >= 0.3 is 0 Å². The second-order valence-corrected chi connectivity index (χ2v) is 8.22. The van der Waals surface area contributed by atoms with Crippen molar-refractivity contribution in [1.29, 1.82) is 0 Å². The van der Waals surface area contributed by atoms with Crippen LogP contribution in [0.3, 0.4) is 0 Å². The number of pyridine rings is 2. The van der Waals surface area contributed by atoms with Crippen LogP contribution in [-0.2, 0) is 9.53 Å². The van der Waals surface area contributed by atoms with Gasteiger partial charge in [-0.15, -0.1) is 0 Å². The van der Waals surface area contributed by atoms with Crippen LogP contribution in [0.25, 0.3) is 11.3 Å². The molecule has 2 aliphatic rings. The molecule has 0 radical (unpaired) electrons. The highest BCUT2D eigenvalue weighted by Gasteiger charge is 2.34. The number of likely N-dealkylation sites (tertiary alicyclic amines) is 1. The number of hydrogen-bond acceptors (Lipinski definition) is 6. The maximum atomic E-state index is 12.8. The van der Waals surface area contributed by atoms with Crippen molar-refractivity contribution in [2.75, 3.05) is 38.2 Å². The Bertz CT molecular complexity index is 829. The molecule has 0 spiro atoms. The monoisotopic (exact) mass is 409 g/mol. The predicted octanol–water partition coefficient (Wildman–Crippen LogP) is 2.54. The Balaban J connectivity index is 1.41. The van der Waals surface area contributed by atoms with Crippen LogP contribution in [-0.4, -0.2) is 66.3 Å². The van der Waals surface area contributed by atoms with Gasteiger partial charge in [0.25, 0.3) is 0 Å². The predicted molar refractivity (Wildman–Crippen MR) is 117 cm³/mol. The van der Waals surface area contributed by atoms with Crippen molar-refractivity contribution in [3.05, 3.63) is 42.9 Å². The zero-order chi connectivity index (χ0) is 20.9. The van der Waals surface area contributed by atoms with Crippen LogP contribution in [0, 0.1) is 5.92 Å². The topological polar surface area (TPSA) is 70.6 Å². The van der Waals surface area contributed by atoms with Crippen molar-refractivity contribution >= 4 is 11.6 Å². The summed E-state index contributed by atoms with van der Waals surface area (Å²) in [6.45, 7) is 5.38. The molecule has 0 aromatic carbocycles. The molecule has 0 aliphatic carbocycles. The van der Waals surface area contributed by atoms with E-state index in [1.54, 1.807) is 6.20 Å². The zero-order valence-corrected chi connectivity index (χ0v) is 17.8. The lowest BCUT2D eigenvalue weighted by atomic mass is 9.93. The summed E-state index contributed by atoms with van der Waals surface area (Å²) in [6, 6.07) is 8.29. The van der Waals surface area contributed by atoms with Gasteiger partial charge in [-0.1, -0.05) is 0 Å². The maximum absolute atomic E-state index is 12.8. The van der Waals surface area contributed by atoms with Gasteiger partial charge in [0, 0.05) is 56.0 Å². The van der Waals surface area contributed by atoms with E-state index >= 15 is 0 Å². The van der Waals surface area contributed by atoms with Crippen molar-refractivity contribution in [1.82, 2.24) is 20.2 Å². The first-order valence-electron chi connectivity index (χ1n) is 10.9. The third-order valence-electron chi connectivity index (χ3n) is 6.06. The van der Waals surface area contributed by atoms with E-state index in [4.69, 9.17) is 4.74 Å². The minimum Gasteiger partial charge on any atom is -0.359 e. The van der Waals surface area contributed by atoms with E-state index in [1.165, 1.54) is 0 Å². The molecule has 2 aromatic heterocycles. The van der Waals surface area contributed by atoms with Gasteiger partial charge < -0.3 is 19.9 Å². The van der Waals surface area contributed by atoms with Crippen molar-refractivity contribution in [3.63, 3.8) is 0 Å². The number of likely N-dealkylation sites (N-methyl/N-ethyl adjacent to an activating group) is 1. The van der Waals surface area contributed by atoms with Gasteiger partial charge in [0.05, 0.1) is 17.6 Å². The molecule has 2 aromatic rings. The number of nitrogens with one attached hydrogen (secondary N) is 1. The van der Waals surface area contributed by atoms with Crippen molar-refractivity contribution in [3.8, 4) is 11.3 Å². The molecule has 1 amide bonds. The molecule has 160 valence electrons. The summed E-state index contributed by atoms with van der Waals surface area (Å²) in [5.41, 5.74) is 2.92. The Hall–Kier alpha value is -2.51. The molecule has 7 nitrogen and oxygen atoms in total. The molecule has 0 saturated carbocycles. The van der Waals surface area contributed by atoms with Crippen LogP contribution >= 0.6 is 0 Å². The Labute approximate surface area is 178 Å².